The van der Waals surface area contributed by atoms with Crippen LogP contribution in [0.15, 0.2) is 42.5 Å². The van der Waals surface area contributed by atoms with E-state index in [9.17, 15) is 9.18 Å². The van der Waals surface area contributed by atoms with E-state index in [1.807, 2.05) is 0 Å². The van der Waals surface area contributed by atoms with E-state index >= 15 is 0 Å². The number of aromatic carboxylic acids is 1. The maximum absolute atomic E-state index is 13.2. The smallest absolute Gasteiger partial charge is 0.335 e. The number of carbonyl (C=O) groups is 1. The lowest BCUT2D eigenvalue weighted by Crippen LogP contribution is -2.08. The van der Waals surface area contributed by atoms with Gasteiger partial charge in [0.2, 0.25) is 0 Å². The highest BCUT2D eigenvalue weighted by molar-refractivity contribution is 6.14. The van der Waals surface area contributed by atoms with Gasteiger partial charge in [0.25, 0.3) is 0 Å². The number of anilines is 1. The fraction of sp³-hybridized carbons (Fsp3) is 0.0667. The molecule has 3 N–H and O–H groups in total. The van der Waals surface area contributed by atoms with Crippen molar-refractivity contribution in [3.8, 4) is 0 Å². The van der Waals surface area contributed by atoms with Gasteiger partial charge < -0.3 is 10.4 Å². The van der Waals surface area contributed by atoms with E-state index in [0.29, 0.717) is 16.8 Å². The number of carboxylic acid groups (broad SMARTS) is 1. The first-order valence-corrected chi connectivity index (χ1v) is 5.93. The maximum Gasteiger partial charge on any atom is 0.335 e. The summed E-state index contributed by atoms with van der Waals surface area (Å²) in [5, 5.41) is 20.0. The molecule has 0 radical (unpaired) electrons. The van der Waals surface area contributed by atoms with E-state index in [4.69, 9.17) is 10.5 Å². The largest absolute Gasteiger partial charge is 0.478 e. The van der Waals surface area contributed by atoms with Gasteiger partial charge in [-0.3, -0.25) is 5.41 Å². The van der Waals surface area contributed by atoms with Crippen LogP contribution < -0.4 is 5.32 Å². The van der Waals surface area contributed by atoms with Gasteiger partial charge in [-0.2, -0.15) is 0 Å². The van der Waals surface area contributed by atoms with Gasteiger partial charge in [0.15, 0.2) is 0 Å². The second-order valence-corrected chi connectivity index (χ2v) is 4.20. The molecule has 0 atom stereocenters. The third kappa shape index (κ3) is 2.66. The normalized spacial score (nSPS) is 10.1. The highest BCUT2D eigenvalue weighted by atomic mass is 19.1. The van der Waals surface area contributed by atoms with E-state index in [1.54, 1.807) is 19.2 Å². The molecular formula is C15H13FN2O2. The molecule has 0 heterocycles. The third-order valence-corrected chi connectivity index (χ3v) is 2.92. The van der Waals surface area contributed by atoms with Crippen molar-refractivity contribution in [2.45, 2.75) is 0 Å². The van der Waals surface area contributed by atoms with E-state index < -0.39 is 11.8 Å². The summed E-state index contributed by atoms with van der Waals surface area (Å²) in [6.07, 6.45) is 0. The highest BCUT2D eigenvalue weighted by Gasteiger charge is 2.13. The van der Waals surface area contributed by atoms with E-state index in [-0.39, 0.29) is 11.3 Å². The predicted molar refractivity (Wildman–Crippen MR) is 75.3 cm³/mol. The second kappa shape index (κ2) is 5.52. The predicted octanol–water partition coefficient (Wildman–Crippen LogP) is 2.98. The van der Waals surface area contributed by atoms with Gasteiger partial charge in [0.05, 0.1) is 11.3 Å². The van der Waals surface area contributed by atoms with E-state index in [1.165, 1.54) is 30.3 Å². The molecular weight excluding hydrogens is 259 g/mol. The number of hydrogen-bond acceptors (Lipinski definition) is 3. The Hall–Kier alpha value is -2.69. The molecule has 0 amide bonds. The zero-order chi connectivity index (χ0) is 14.7. The Morgan fingerprint density at radius 2 is 1.95 bits per heavy atom. The SMILES string of the molecule is CNc1cc(C(=O)O)ccc1C(=N)c1cccc(F)c1. The molecule has 0 bridgehead atoms. The summed E-state index contributed by atoms with van der Waals surface area (Å²) in [4.78, 5) is 10.9. The highest BCUT2D eigenvalue weighted by Crippen LogP contribution is 2.21. The molecule has 0 aliphatic carbocycles. The third-order valence-electron chi connectivity index (χ3n) is 2.92. The molecule has 20 heavy (non-hydrogen) atoms. The first-order chi connectivity index (χ1) is 9.52. The van der Waals surface area contributed by atoms with Gasteiger partial charge in [0, 0.05) is 23.9 Å². The Balaban J connectivity index is 2.47. The lowest BCUT2D eigenvalue weighted by atomic mass is 9.99. The average molecular weight is 272 g/mol. The quantitative estimate of drug-likeness (QED) is 0.749. The molecule has 2 rings (SSSR count). The van der Waals surface area contributed by atoms with Crippen molar-refractivity contribution in [1.29, 1.82) is 5.41 Å². The van der Waals surface area contributed by atoms with Crippen molar-refractivity contribution in [3.63, 3.8) is 0 Å². The fourth-order valence-electron chi connectivity index (χ4n) is 1.90. The molecule has 0 aromatic heterocycles. The Kier molecular flexibility index (Phi) is 3.79. The maximum atomic E-state index is 13.2. The van der Waals surface area contributed by atoms with Gasteiger partial charge >= 0.3 is 5.97 Å². The molecule has 0 fully saturated rings. The summed E-state index contributed by atoms with van der Waals surface area (Å²) in [5.74, 6) is -1.45. The van der Waals surface area contributed by atoms with E-state index in [2.05, 4.69) is 5.32 Å². The first kappa shape index (κ1) is 13.7. The molecule has 5 heteroatoms. The molecule has 0 aliphatic rings. The number of halogens is 1. The minimum atomic E-state index is -1.04. The Labute approximate surface area is 115 Å². The van der Waals surface area contributed by atoms with Crippen LogP contribution in [-0.2, 0) is 0 Å². The Bertz CT molecular complexity index is 683. The van der Waals surface area contributed by atoms with Gasteiger partial charge in [-0.05, 0) is 30.3 Å². The lowest BCUT2D eigenvalue weighted by Gasteiger charge is -2.11. The van der Waals surface area contributed by atoms with Gasteiger partial charge in [0.1, 0.15) is 5.82 Å². The van der Waals surface area contributed by atoms with Crippen molar-refractivity contribution in [3.05, 3.63) is 65.0 Å². The standard InChI is InChI=1S/C15H13FN2O2/c1-18-13-8-10(15(19)20)5-6-12(13)14(17)9-3-2-4-11(16)7-9/h2-8,17-18H,1H3,(H,19,20). The zero-order valence-electron chi connectivity index (χ0n) is 10.8. The van der Waals surface area contributed by atoms with Gasteiger partial charge in [-0.15, -0.1) is 0 Å². The molecule has 0 saturated carbocycles. The minimum Gasteiger partial charge on any atom is -0.478 e. The fourth-order valence-corrected chi connectivity index (χ4v) is 1.90. The molecule has 102 valence electrons. The Morgan fingerprint density at radius 3 is 2.55 bits per heavy atom. The van der Waals surface area contributed by atoms with Crippen LogP contribution in [0.2, 0.25) is 0 Å². The van der Waals surface area contributed by atoms with Crippen LogP contribution >= 0.6 is 0 Å². The molecule has 4 nitrogen and oxygen atoms in total. The average Bonchev–Trinajstić information content (AvgIpc) is 2.45. The summed E-state index contributed by atoms with van der Waals surface area (Å²) in [6, 6.07) is 10.2. The molecule has 0 spiro atoms. The molecule has 0 saturated heterocycles. The molecule has 0 aliphatic heterocycles. The number of nitrogens with one attached hydrogen (secondary N) is 2. The van der Waals surface area contributed by atoms with Crippen molar-refractivity contribution in [1.82, 2.24) is 0 Å². The number of benzene rings is 2. The first-order valence-electron chi connectivity index (χ1n) is 5.93. The van der Waals surface area contributed by atoms with E-state index in [0.717, 1.165) is 0 Å². The summed E-state index contributed by atoms with van der Waals surface area (Å²) in [5.41, 5.74) is 1.72. The minimum absolute atomic E-state index is 0.130. The van der Waals surface area contributed by atoms with Crippen LogP contribution in [0.4, 0.5) is 10.1 Å². The van der Waals surface area contributed by atoms with Crippen molar-refractivity contribution < 1.29 is 14.3 Å². The van der Waals surface area contributed by atoms with Crippen LogP contribution in [0.1, 0.15) is 21.5 Å². The number of carboxylic acids is 1. The molecule has 2 aromatic carbocycles. The molecule has 2 aromatic rings. The number of rotatable bonds is 4. The zero-order valence-corrected chi connectivity index (χ0v) is 10.8. The van der Waals surface area contributed by atoms with Crippen LogP contribution in [0, 0.1) is 11.2 Å². The summed E-state index contributed by atoms with van der Waals surface area (Å²) in [6.45, 7) is 0. The van der Waals surface area contributed by atoms with Crippen molar-refractivity contribution in [2.24, 2.45) is 0 Å². The number of hydrogen-bond donors (Lipinski definition) is 3. The summed E-state index contributed by atoms with van der Waals surface area (Å²) in [7, 11) is 1.64. The van der Waals surface area contributed by atoms with Crippen molar-refractivity contribution >= 4 is 17.4 Å². The monoisotopic (exact) mass is 272 g/mol. The lowest BCUT2D eigenvalue weighted by molar-refractivity contribution is 0.0697. The van der Waals surface area contributed by atoms with Gasteiger partial charge in [-0.25, -0.2) is 9.18 Å². The Morgan fingerprint density at radius 1 is 1.20 bits per heavy atom. The van der Waals surface area contributed by atoms with Gasteiger partial charge in [-0.1, -0.05) is 12.1 Å². The second-order valence-electron chi connectivity index (χ2n) is 4.20. The topological polar surface area (TPSA) is 73.2 Å². The van der Waals surface area contributed by atoms with Crippen LogP contribution in [0.25, 0.3) is 0 Å². The van der Waals surface area contributed by atoms with Crippen LogP contribution in [0.3, 0.4) is 0 Å². The van der Waals surface area contributed by atoms with Crippen molar-refractivity contribution in [2.75, 3.05) is 12.4 Å². The molecule has 0 unspecified atom stereocenters. The van der Waals surface area contributed by atoms with Crippen LogP contribution in [-0.4, -0.2) is 23.8 Å². The summed E-state index contributed by atoms with van der Waals surface area (Å²) < 4.78 is 13.2. The van der Waals surface area contributed by atoms with Crippen LogP contribution in [0.5, 0.6) is 0 Å². The summed E-state index contributed by atoms with van der Waals surface area (Å²) >= 11 is 0.